The molecule has 108 valence electrons. The molecule has 5 heteroatoms. The van der Waals surface area contributed by atoms with Crippen LogP contribution in [-0.4, -0.2) is 54.6 Å². The quantitative estimate of drug-likeness (QED) is 0.913. The van der Waals surface area contributed by atoms with Crippen molar-refractivity contribution in [2.45, 2.75) is 18.9 Å². The Balaban J connectivity index is 1.46. The number of amides is 2. The molecule has 4 nitrogen and oxygen atoms in total. The maximum absolute atomic E-state index is 11.5. The molecule has 2 fully saturated rings. The number of benzene rings is 1. The summed E-state index contributed by atoms with van der Waals surface area (Å²) in [6, 6.07) is 8.92. The monoisotopic (exact) mass is 337 g/mol. The SMILES string of the molecule is O=C1NCC2CN(CCCc3ccccc3Br)CCN12. The fourth-order valence-corrected chi connectivity index (χ4v) is 3.55. The summed E-state index contributed by atoms with van der Waals surface area (Å²) in [5.74, 6) is 0. The number of halogens is 1. The lowest BCUT2D eigenvalue weighted by Gasteiger charge is -2.36. The van der Waals surface area contributed by atoms with Gasteiger partial charge < -0.3 is 10.2 Å². The number of urea groups is 1. The molecular formula is C15H20BrN3O. The first-order chi connectivity index (χ1) is 9.74. The Morgan fingerprint density at radius 3 is 3.00 bits per heavy atom. The lowest BCUT2D eigenvalue weighted by atomic mass is 10.1. The Bertz CT molecular complexity index is 494. The molecule has 0 spiro atoms. The lowest BCUT2D eigenvalue weighted by molar-refractivity contribution is 0.120. The largest absolute Gasteiger partial charge is 0.336 e. The van der Waals surface area contributed by atoms with Crippen LogP contribution < -0.4 is 5.32 Å². The number of hydrogen-bond donors (Lipinski definition) is 1. The lowest BCUT2D eigenvalue weighted by Crippen LogP contribution is -2.52. The summed E-state index contributed by atoms with van der Waals surface area (Å²) in [5.41, 5.74) is 1.38. The predicted octanol–water partition coefficient (Wildman–Crippen LogP) is 2.09. The number of aryl methyl sites for hydroxylation is 1. The molecule has 0 radical (unpaired) electrons. The molecule has 1 N–H and O–H groups in total. The third kappa shape index (κ3) is 2.99. The van der Waals surface area contributed by atoms with Gasteiger partial charge >= 0.3 is 6.03 Å². The van der Waals surface area contributed by atoms with E-state index in [0.29, 0.717) is 6.04 Å². The van der Waals surface area contributed by atoms with E-state index in [9.17, 15) is 4.79 Å². The highest BCUT2D eigenvalue weighted by Crippen LogP contribution is 2.18. The maximum Gasteiger partial charge on any atom is 0.317 e. The average Bonchev–Trinajstić information content (AvgIpc) is 2.82. The fraction of sp³-hybridized carbons (Fsp3) is 0.533. The van der Waals surface area contributed by atoms with Crippen molar-refractivity contribution in [3.8, 4) is 0 Å². The Morgan fingerprint density at radius 1 is 1.30 bits per heavy atom. The van der Waals surface area contributed by atoms with E-state index in [1.54, 1.807) is 0 Å². The highest BCUT2D eigenvalue weighted by atomic mass is 79.9. The third-order valence-electron chi connectivity index (χ3n) is 4.19. The van der Waals surface area contributed by atoms with E-state index >= 15 is 0 Å². The summed E-state index contributed by atoms with van der Waals surface area (Å²) in [6.45, 7) is 4.79. The molecule has 1 unspecified atom stereocenters. The molecule has 2 amide bonds. The number of carbonyl (C=O) groups excluding carboxylic acids is 1. The van der Waals surface area contributed by atoms with E-state index in [2.05, 4.69) is 50.4 Å². The topological polar surface area (TPSA) is 35.6 Å². The van der Waals surface area contributed by atoms with Crippen molar-refractivity contribution < 1.29 is 4.79 Å². The van der Waals surface area contributed by atoms with Crippen molar-refractivity contribution in [1.82, 2.24) is 15.1 Å². The van der Waals surface area contributed by atoms with Gasteiger partial charge in [0.2, 0.25) is 0 Å². The molecule has 2 saturated heterocycles. The van der Waals surface area contributed by atoms with Crippen LogP contribution in [0.5, 0.6) is 0 Å². The maximum atomic E-state index is 11.5. The van der Waals surface area contributed by atoms with Crippen LogP contribution in [0.3, 0.4) is 0 Å². The third-order valence-corrected chi connectivity index (χ3v) is 4.97. The molecule has 2 aliphatic rings. The molecule has 0 bridgehead atoms. The zero-order valence-corrected chi connectivity index (χ0v) is 13.1. The van der Waals surface area contributed by atoms with Crippen molar-refractivity contribution >= 4 is 22.0 Å². The highest BCUT2D eigenvalue weighted by molar-refractivity contribution is 9.10. The smallest absolute Gasteiger partial charge is 0.317 e. The normalized spacial score (nSPS) is 22.8. The average molecular weight is 338 g/mol. The second-order valence-electron chi connectivity index (χ2n) is 5.53. The molecule has 2 aliphatic heterocycles. The van der Waals surface area contributed by atoms with Gasteiger partial charge in [0.15, 0.2) is 0 Å². The van der Waals surface area contributed by atoms with Crippen molar-refractivity contribution in [2.24, 2.45) is 0 Å². The fourth-order valence-electron chi connectivity index (χ4n) is 3.07. The molecule has 1 aromatic carbocycles. The van der Waals surface area contributed by atoms with Crippen molar-refractivity contribution in [3.63, 3.8) is 0 Å². The summed E-state index contributed by atoms with van der Waals surface area (Å²) in [7, 11) is 0. The molecule has 2 heterocycles. The molecule has 0 aliphatic carbocycles. The van der Waals surface area contributed by atoms with E-state index in [-0.39, 0.29) is 6.03 Å². The number of nitrogens with zero attached hydrogens (tertiary/aromatic N) is 2. The van der Waals surface area contributed by atoms with E-state index in [1.165, 1.54) is 10.0 Å². The number of carbonyl (C=O) groups is 1. The molecule has 0 aromatic heterocycles. The van der Waals surface area contributed by atoms with Gasteiger partial charge in [-0.15, -0.1) is 0 Å². The Hall–Kier alpha value is -1.07. The minimum Gasteiger partial charge on any atom is -0.336 e. The van der Waals surface area contributed by atoms with E-state index in [0.717, 1.165) is 45.6 Å². The van der Waals surface area contributed by atoms with Gasteiger partial charge in [-0.1, -0.05) is 34.1 Å². The van der Waals surface area contributed by atoms with Crippen LogP contribution in [0, 0.1) is 0 Å². The summed E-state index contributed by atoms with van der Waals surface area (Å²) in [6.07, 6.45) is 2.26. The second-order valence-corrected chi connectivity index (χ2v) is 6.38. The van der Waals surface area contributed by atoms with Crippen LogP contribution in [0.25, 0.3) is 0 Å². The molecular weight excluding hydrogens is 318 g/mol. The molecule has 3 rings (SSSR count). The number of hydrogen-bond acceptors (Lipinski definition) is 2. The van der Waals surface area contributed by atoms with Crippen molar-refractivity contribution in [3.05, 3.63) is 34.3 Å². The van der Waals surface area contributed by atoms with Gasteiger partial charge in [0.1, 0.15) is 0 Å². The summed E-state index contributed by atoms with van der Waals surface area (Å²) >= 11 is 3.60. The first-order valence-electron chi connectivity index (χ1n) is 7.24. The van der Waals surface area contributed by atoms with E-state index < -0.39 is 0 Å². The van der Waals surface area contributed by atoms with Crippen LogP contribution in [0.2, 0.25) is 0 Å². The van der Waals surface area contributed by atoms with Crippen molar-refractivity contribution in [1.29, 1.82) is 0 Å². The Morgan fingerprint density at radius 2 is 2.15 bits per heavy atom. The summed E-state index contributed by atoms with van der Waals surface area (Å²) in [5, 5.41) is 2.93. The molecule has 1 aromatic rings. The van der Waals surface area contributed by atoms with Gasteiger partial charge in [0.05, 0.1) is 6.04 Å². The standard InChI is InChI=1S/C15H20BrN3O/c16-14-6-2-1-4-12(14)5-3-7-18-8-9-19-13(11-18)10-17-15(19)20/h1-2,4,6,13H,3,5,7-11H2,(H,17,20). The van der Waals surface area contributed by atoms with Crippen LogP contribution in [0.4, 0.5) is 4.79 Å². The van der Waals surface area contributed by atoms with Crippen LogP contribution in [0.15, 0.2) is 28.7 Å². The van der Waals surface area contributed by atoms with Gasteiger partial charge in [0.25, 0.3) is 0 Å². The van der Waals surface area contributed by atoms with Crippen LogP contribution in [-0.2, 0) is 6.42 Å². The first kappa shape index (κ1) is 13.9. The second kappa shape index (κ2) is 6.14. The predicted molar refractivity (Wildman–Crippen MR) is 82.8 cm³/mol. The van der Waals surface area contributed by atoms with E-state index in [4.69, 9.17) is 0 Å². The molecule has 0 saturated carbocycles. The van der Waals surface area contributed by atoms with Crippen molar-refractivity contribution in [2.75, 3.05) is 32.7 Å². The summed E-state index contributed by atoms with van der Waals surface area (Å²) in [4.78, 5) is 16.0. The number of nitrogens with one attached hydrogen (secondary N) is 1. The van der Waals surface area contributed by atoms with Crippen LogP contribution >= 0.6 is 15.9 Å². The Kier molecular flexibility index (Phi) is 4.27. The van der Waals surface area contributed by atoms with Crippen LogP contribution in [0.1, 0.15) is 12.0 Å². The molecule has 20 heavy (non-hydrogen) atoms. The van der Waals surface area contributed by atoms with Gasteiger partial charge in [-0.3, -0.25) is 4.90 Å². The number of fused-ring (bicyclic) bond motifs is 1. The Labute approximate surface area is 128 Å². The minimum absolute atomic E-state index is 0.114. The van der Waals surface area contributed by atoms with Gasteiger partial charge in [0, 0.05) is 30.7 Å². The van der Waals surface area contributed by atoms with E-state index in [1.807, 2.05) is 4.90 Å². The highest BCUT2D eigenvalue weighted by Gasteiger charge is 2.34. The molecule has 1 atom stereocenters. The first-order valence-corrected chi connectivity index (χ1v) is 8.03. The zero-order chi connectivity index (χ0) is 13.9. The van der Waals surface area contributed by atoms with Gasteiger partial charge in [-0.2, -0.15) is 0 Å². The van der Waals surface area contributed by atoms with Gasteiger partial charge in [-0.25, -0.2) is 4.79 Å². The number of rotatable bonds is 4. The summed E-state index contributed by atoms with van der Waals surface area (Å²) < 4.78 is 1.20. The number of piperazine rings is 1. The van der Waals surface area contributed by atoms with Gasteiger partial charge in [-0.05, 0) is 31.0 Å². The zero-order valence-electron chi connectivity index (χ0n) is 11.5. The minimum atomic E-state index is 0.114.